The average Bonchev–Trinajstić information content (AvgIpc) is 2.96. The van der Waals surface area contributed by atoms with E-state index in [9.17, 15) is 4.79 Å². The van der Waals surface area contributed by atoms with Gasteiger partial charge in [0.1, 0.15) is 5.82 Å². The van der Waals surface area contributed by atoms with Crippen molar-refractivity contribution in [2.24, 2.45) is 0 Å². The Balaban J connectivity index is 1.69. The maximum Gasteiger partial charge on any atom is 0.237 e. The summed E-state index contributed by atoms with van der Waals surface area (Å²) in [5, 5.41) is 11.8. The largest absolute Gasteiger partial charge is 0.325 e. The van der Waals surface area contributed by atoms with Crippen molar-refractivity contribution < 1.29 is 4.79 Å². The zero-order valence-corrected chi connectivity index (χ0v) is 16.9. The molecule has 0 radical (unpaired) electrons. The first-order chi connectivity index (χ1) is 12.5. The van der Waals surface area contributed by atoms with Crippen LogP contribution in [0.1, 0.15) is 18.3 Å². The third-order valence-electron chi connectivity index (χ3n) is 3.83. The second-order valence-corrected chi connectivity index (χ2v) is 8.08. The molecule has 0 fully saturated rings. The normalized spacial score (nSPS) is 12.0. The van der Waals surface area contributed by atoms with Crippen LogP contribution in [-0.2, 0) is 11.3 Å². The van der Waals surface area contributed by atoms with Crippen LogP contribution in [0.2, 0.25) is 0 Å². The lowest BCUT2D eigenvalue weighted by molar-refractivity contribution is -0.115. The number of thioether (sulfide) groups is 1. The molecule has 0 spiro atoms. The van der Waals surface area contributed by atoms with Crippen LogP contribution in [-0.4, -0.2) is 25.9 Å². The summed E-state index contributed by atoms with van der Waals surface area (Å²) in [6.07, 6.45) is 0. The van der Waals surface area contributed by atoms with Gasteiger partial charge in [-0.3, -0.25) is 4.79 Å². The number of benzene rings is 2. The standard InChI is InChI=1S/C19H19BrN4OS/c1-13(18(25)21-17-10-6-9-16(20)11-17)26-19-23-22-14(2)24(19)12-15-7-4-3-5-8-15/h3-11,13H,12H2,1-2H3,(H,21,25). The predicted octanol–water partition coefficient (Wildman–Crippen LogP) is 4.52. The van der Waals surface area contributed by atoms with Gasteiger partial charge in [0.15, 0.2) is 5.16 Å². The molecule has 0 saturated carbocycles. The van der Waals surface area contributed by atoms with Crippen LogP contribution in [0.4, 0.5) is 5.69 Å². The zero-order valence-electron chi connectivity index (χ0n) is 14.5. The van der Waals surface area contributed by atoms with E-state index in [2.05, 4.69) is 43.6 Å². The minimum Gasteiger partial charge on any atom is -0.325 e. The molecule has 0 aliphatic heterocycles. The van der Waals surface area contributed by atoms with Gasteiger partial charge in [-0.1, -0.05) is 64.1 Å². The van der Waals surface area contributed by atoms with Gasteiger partial charge in [0.25, 0.3) is 0 Å². The summed E-state index contributed by atoms with van der Waals surface area (Å²) in [5.74, 6) is 0.760. The molecule has 0 bridgehead atoms. The van der Waals surface area contributed by atoms with Crippen LogP contribution in [0.5, 0.6) is 0 Å². The van der Waals surface area contributed by atoms with Crippen molar-refractivity contribution in [3.05, 3.63) is 70.5 Å². The summed E-state index contributed by atoms with van der Waals surface area (Å²) in [6.45, 7) is 4.48. The molecule has 1 heterocycles. The van der Waals surface area contributed by atoms with Crippen molar-refractivity contribution in [1.29, 1.82) is 0 Å². The summed E-state index contributed by atoms with van der Waals surface area (Å²) in [4.78, 5) is 12.5. The fraction of sp³-hybridized carbons (Fsp3) is 0.211. The summed E-state index contributed by atoms with van der Waals surface area (Å²) in [5.41, 5.74) is 1.93. The molecular formula is C19H19BrN4OS. The van der Waals surface area contributed by atoms with E-state index >= 15 is 0 Å². The summed E-state index contributed by atoms with van der Waals surface area (Å²) in [6, 6.07) is 17.7. The molecular weight excluding hydrogens is 412 g/mol. The summed E-state index contributed by atoms with van der Waals surface area (Å²) < 4.78 is 2.96. The Morgan fingerprint density at radius 1 is 1.19 bits per heavy atom. The molecule has 0 aliphatic carbocycles. The van der Waals surface area contributed by atoms with Gasteiger partial charge in [-0.15, -0.1) is 10.2 Å². The third kappa shape index (κ3) is 4.74. The molecule has 3 aromatic rings. The van der Waals surface area contributed by atoms with Gasteiger partial charge in [0, 0.05) is 10.2 Å². The number of hydrogen-bond donors (Lipinski definition) is 1. The van der Waals surface area contributed by atoms with E-state index in [1.54, 1.807) is 0 Å². The molecule has 3 rings (SSSR count). The number of amides is 1. The van der Waals surface area contributed by atoms with Gasteiger partial charge in [-0.05, 0) is 37.6 Å². The Bertz CT molecular complexity index is 898. The van der Waals surface area contributed by atoms with Crippen molar-refractivity contribution in [2.75, 3.05) is 5.32 Å². The first-order valence-electron chi connectivity index (χ1n) is 8.20. The third-order valence-corrected chi connectivity index (χ3v) is 5.40. The van der Waals surface area contributed by atoms with E-state index in [-0.39, 0.29) is 11.2 Å². The Morgan fingerprint density at radius 2 is 1.96 bits per heavy atom. The van der Waals surface area contributed by atoms with Crippen molar-refractivity contribution in [3.63, 3.8) is 0 Å². The van der Waals surface area contributed by atoms with Crippen LogP contribution in [0.25, 0.3) is 0 Å². The quantitative estimate of drug-likeness (QED) is 0.584. The number of rotatable bonds is 6. The zero-order chi connectivity index (χ0) is 18.5. The second kappa shape index (κ2) is 8.51. The molecule has 1 atom stereocenters. The van der Waals surface area contributed by atoms with Gasteiger partial charge in [0.05, 0.1) is 11.8 Å². The molecule has 7 heteroatoms. The van der Waals surface area contributed by atoms with Gasteiger partial charge in [-0.25, -0.2) is 0 Å². The van der Waals surface area contributed by atoms with Crippen LogP contribution < -0.4 is 5.32 Å². The lowest BCUT2D eigenvalue weighted by Crippen LogP contribution is -2.23. The molecule has 1 aromatic heterocycles. The van der Waals surface area contributed by atoms with Gasteiger partial charge in [-0.2, -0.15) is 0 Å². The number of aromatic nitrogens is 3. The first kappa shape index (κ1) is 18.7. The van der Waals surface area contributed by atoms with Crippen molar-refractivity contribution in [1.82, 2.24) is 14.8 Å². The van der Waals surface area contributed by atoms with Crippen LogP contribution in [0.15, 0.2) is 64.2 Å². The molecule has 134 valence electrons. The maximum atomic E-state index is 12.5. The number of anilines is 1. The highest BCUT2D eigenvalue weighted by atomic mass is 79.9. The molecule has 1 amide bonds. The SMILES string of the molecule is Cc1nnc(SC(C)C(=O)Nc2cccc(Br)c2)n1Cc1ccccc1. The van der Waals surface area contributed by atoms with Gasteiger partial charge >= 0.3 is 0 Å². The highest BCUT2D eigenvalue weighted by Crippen LogP contribution is 2.25. The molecule has 26 heavy (non-hydrogen) atoms. The fourth-order valence-electron chi connectivity index (χ4n) is 2.42. The molecule has 5 nitrogen and oxygen atoms in total. The monoisotopic (exact) mass is 430 g/mol. The van der Waals surface area contributed by atoms with E-state index in [4.69, 9.17) is 0 Å². The number of halogens is 1. The number of carbonyl (C=O) groups is 1. The van der Waals surface area contributed by atoms with E-state index in [1.807, 2.05) is 60.9 Å². The topological polar surface area (TPSA) is 59.8 Å². The number of aryl methyl sites for hydroxylation is 1. The van der Waals surface area contributed by atoms with Crippen LogP contribution in [0, 0.1) is 6.92 Å². The van der Waals surface area contributed by atoms with Crippen molar-refractivity contribution in [2.45, 2.75) is 30.8 Å². The smallest absolute Gasteiger partial charge is 0.237 e. The van der Waals surface area contributed by atoms with Crippen molar-refractivity contribution >= 4 is 39.3 Å². The minimum atomic E-state index is -0.299. The summed E-state index contributed by atoms with van der Waals surface area (Å²) >= 11 is 4.82. The maximum absolute atomic E-state index is 12.5. The average molecular weight is 431 g/mol. The van der Waals surface area contributed by atoms with E-state index in [0.717, 1.165) is 21.1 Å². The molecule has 0 aliphatic rings. The molecule has 1 unspecified atom stereocenters. The Morgan fingerprint density at radius 3 is 2.69 bits per heavy atom. The number of carbonyl (C=O) groups excluding carboxylic acids is 1. The lowest BCUT2D eigenvalue weighted by Gasteiger charge is -2.13. The highest BCUT2D eigenvalue weighted by molar-refractivity contribution is 9.10. The van der Waals surface area contributed by atoms with E-state index < -0.39 is 0 Å². The molecule has 2 aromatic carbocycles. The van der Waals surface area contributed by atoms with Crippen LogP contribution in [0.3, 0.4) is 0 Å². The van der Waals surface area contributed by atoms with Crippen LogP contribution >= 0.6 is 27.7 Å². The fourth-order valence-corrected chi connectivity index (χ4v) is 3.71. The van der Waals surface area contributed by atoms with E-state index in [1.165, 1.54) is 17.3 Å². The second-order valence-electron chi connectivity index (χ2n) is 5.86. The first-order valence-corrected chi connectivity index (χ1v) is 9.87. The Labute approximate surface area is 165 Å². The predicted molar refractivity (Wildman–Crippen MR) is 108 cm³/mol. The van der Waals surface area contributed by atoms with Gasteiger partial charge < -0.3 is 9.88 Å². The molecule has 1 N–H and O–H groups in total. The van der Waals surface area contributed by atoms with Crippen molar-refractivity contribution in [3.8, 4) is 0 Å². The lowest BCUT2D eigenvalue weighted by atomic mass is 10.2. The summed E-state index contributed by atoms with van der Waals surface area (Å²) in [7, 11) is 0. The highest BCUT2D eigenvalue weighted by Gasteiger charge is 2.19. The Kier molecular flexibility index (Phi) is 6.11. The van der Waals surface area contributed by atoms with Gasteiger partial charge in [0.2, 0.25) is 5.91 Å². The number of nitrogens with zero attached hydrogens (tertiary/aromatic N) is 3. The minimum absolute atomic E-state index is 0.0694. The Hall–Kier alpha value is -2.12. The number of hydrogen-bond acceptors (Lipinski definition) is 4. The molecule has 0 saturated heterocycles. The van der Waals surface area contributed by atoms with E-state index in [0.29, 0.717) is 6.54 Å². The number of nitrogens with one attached hydrogen (secondary N) is 1.